The third-order valence-corrected chi connectivity index (χ3v) is 8.01. The van der Waals surface area contributed by atoms with E-state index in [1.54, 1.807) is 24.0 Å². The molecule has 200 valence electrons. The molecule has 2 aliphatic heterocycles. The van der Waals surface area contributed by atoms with Crippen molar-refractivity contribution in [2.75, 3.05) is 11.6 Å². The summed E-state index contributed by atoms with van der Waals surface area (Å²) in [5.41, 5.74) is 4.64. The zero-order valence-electron chi connectivity index (χ0n) is 21.4. The highest BCUT2D eigenvalue weighted by atomic mass is 79.9. The van der Waals surface area contributed by atoms with E-state index in [0.717, 1.165) is 38.0 Å². The maximum absolute atomic E-state index is 13.8. The lowest BCUT2D eigenvalue weighted by atomic mass is 9.89. The van der Waals surface area contributed by atoms with E-state index in [4.69, 9.17) is 9.84 Å². The van der Waals surface area contributed by atoms with E-state index in [2.05, 4.69) is 32.8 Å². The number of imidazole rings is 1. The highest BCUT2D eigenvalue weighted by molar-refractivity contribution is 9.10. The Kier molecular flexibility index (Phi) is 6.60. The van der Waals surface area contributed by atoms with Crippen LogP contribution < -0.4 is 10.7 Å². The molecule has 0 bridgehead atoms. The van der Waals surface area contributed by atoms with Crippen molar-refractivity contribution in [2.24, 2.45) is 11.0 Å². The van der Waals surface area contributed by atoms with Gasteiger partial charge in [-0.2, -0.15) is 5.10 Å². The number of aromatic amines is 2. The zero-order valence-corrected chi connectivity index (χ0v) is 23.0. The van der Waals surface area contributed by atoms with Crippen molar-refractivity contribution in [3.05, 3.63) is 98.6 Å². The second kappa shape index (κ2) is 10.1. The molecular weight excluding hydrogens is 565 g/mol. The second-order valence-electron chi connectivity index (χ2n) is 9.99. The molecule has 2 aliphatic rings. The number of ether oxygens (including phenoxy) is 1. The Bertz CT molecular complexity index is 1610. The Balaban J connectivity index is 1.33. The van der Waals surface area contributed by atoms with Crippen LogP contribution >= 0.6 is 15.9 Å². The molecule has 2 N–H and O–H groups in total. The lowest BCUT2D eigenvalue weighted by Crippen LogP contribution is -2.47. The van der Waals surface area contributed by atoms with Crippen molar-refractivity contribution >= 4 is 44.3 Å². The fourth-order valence-electron chi connectivity index (χ4n) is 5.49. The van der Waals surface area contributed by atoms with Gasteiger partial charge in [0.15, 0.2) is 0 Å². The van der Waals surface area contributed by atoms with Crippen LogP contribution in [0.2, 0.25) is 0 Å². The normalized spacial score (nSPS) is 23.2. The number of aromatic nitrogens is 2. The van der Waals surface area contributed by atoms with Crippen LogP contribution in [0.4, 0.5) is 10.1 Å². The Morgan fingerprint density at radius 3 is 2.44 bits per heavy atom. The third kappa shape index (κ3) is 4.79. The number of anilines is 1. The van der Waals surface area contributed by atoms with Crippen molar-refractivity contribution in [1.29, 1.82) is 0 Å². The molecule has 3 heterocycles. The number of nitrogens with zero attached hydrogens (tertiary/aromatic N) is 3. The molecule has 10 heteroatoms. The molecular formula is C29H27BrFN5O3. The first-order valence-corrected chi connectivity index (χ1v) is 13.6. The van der Waals surface area contributed by atoms with Gasteiger partial charge in [0.25, 0.3) is 5.91 Å². The average Bonchev–Trinajstić information content (AvgIpc) is 3.55. The Hall–Kier alpha value is -3.76. The highest BCUT2D eigenvalue weighted by Gasteiger charge is 2.49. The number of fused-ring (bicyclic) bond motifs is 1. The van der Waals surface area contributed by atoms with Crippen molar-refractivity contribution < 1.29 is 13.9 Å². The minimum Gasteiger partial charge on any atom is -0.345 e. The smallest absolute Gasteiger partial charge is 0.323 e. The number of carbonyl (C=O) groups excluding carboxylic acids is 1. The minimum atomic E-state index is -0.595. The Morgan fingerprint density at radius 1 is 0.974 bits per heavy atom. The lowest BCUT2D eigenvalue weighted by Gasteiger charge is -2.33. The molecule has 2 unspecified atom stereocenters. The van der Waals surface area contributed by atoms with Gasteiger partial charge in [-0.3, -0.25) is 9.80 Å². The molecule has 39 heavy (non-hydrogen) atoms. The van der Waals surface area contributed by atoms with Crippen LogP contribution in [0.1, 0.15) is 25.0 Å². The molecule has 0 radical (unpaired) electrons. The van der Waals surface area contributed by atoms with Crippen LogP contribution in [-0.4, -0.2) is 51.4 Å². The summed E-state index contributed by atoms with van der Waals surface area (Å²) in [6.07, 6.45) is -0.563. The van der Waals surface area contributed by atoms with Gasteiger partial charge in [-0.1, -0.05) is 34.1 Å². The summed E-state index contributed by atoms with van der Waals surface area (Å²) >= 11 is 3.49. The van der Waals surface area contributed by atoms with E-state index >= 15 is 0 Å². The van der Waals surface area contributed by atoms with Gasteiger partial charge in [-0.25, -0.2) is 9.18 Å². The SMILES string of the molecule is CC1C([C@H]2O[C@@H](C)C(=O)N2CCc2ccc3[nH]c(=O)[nH]c3c2)C(c2ccc(F)cc2)=NN1c1ccc(Br)cc1. The van der Waals surface area contributed by atoms with Gasteiger partial charge in [-0.15, -0.1) is 0 Å². The van der Waals surface area contributed by atoms with Gasteiger partial charge in [0, 0.05) is 11.0 Å². The van der Waals surface area contributed by atoms with Crippen LogP contribution in [-0.2, 0) is 16.0 Å². The maximum atomic E-state index is 13.8. The molecule has 4 atom stereocenters. The number of rotatable bonds is 6. The first-order valence-electron chi connectivity index (χ1n) is 12.8. The van der Waals surface area contributed by atoms with E-state index < -0.39 is 12.3 Å². The van der Waals surface area contributed by atoms with Crippen LogP contribution in [0.3, 0.4) is 0 Å². The maximum Gasteiger partial charge on any atom is 0.323 e. The molecule has 6 rings (SSSR count). The molecule has 1 aromatic heterocycles. The van der Waals surface area contributed by atoms with Gasteiger partial charge in [0.1, 0.15) is 18.1 Å². The summed E-state index contributed by atoms with van der Waals surface area (Å²) in [7, 11) is 0. The van der Waals surface area contributed by atoms with Crippen LogP contribution in [0.25, 0.3) is 11.0 Å². The molecule has 1 amide bonds. The summed E-state index contributed by atoms with van der Waals surface area (Å²) in [5, 5.41) is 6.94. The van der Waals surface area contributed by atoms with Crippen molar-refractivity contribution in [3.8, 4) is 0 Å². The number of nitrogens with one attached hydrogen (secondary N) is 2. The number of hydrogen-bond donors (Lipinski definition) is 2. The van der Waals surface area contributed by atoms with E-state index in [9.17, 15) is 14.0 Å². The van der Waals surface area contributed by atoms with Crippen LogP contribution in [0, 0.1) is 11.7 Å². The predicted octanol–water partition coefficient (Wildman–Crippen LogP) is 4.80. The summed E-state index contributed by atoms with van der Waals surface area (Å²) in [4.78, 5) is 32.3. The van der Waals surface area contributed by atoms with Crippen LogP contribution in [0.5, 0.6) is 0 Å². The second-order valence-corrected chi connectivity index (χ2v) is 10.9. The van der Waals surface area contributed by atoms with E-state index in [1.807, 2.05) is 47.5 Å². The predicted molar refractivity (Wildman–Crippen MR) is 151 cm³/mol. The van der Waals surface area contributed by atoms with Gasteiger partial charge in [-0.05, 0) is 79.9 Å². The topological polar surface area (TPSA) is 93.8 Å². The lowest BCUT2D eigenvalue weighted by molar-refractivity contribution is -0.130. The molecule has 3 aromatic carbocycles. The van der Waals surface area contributed by atoms with Gasteiger partial charge < -0.3 is 19.6 Å². The van der Waals surface area contributed by atoms with Crippen molar-refractivity contribution in [2.45, 2.75) is 38.6 Å². The fraction of sp³-hybridized carbons (Fsp3) is 0.276. The number of H-pyrrole nitrogens is 2. The Morgan fingerprint density at radius 2 is 1.69 bits per heavy atom. The first kappa shape index (κ1) is 25.5. The molecule has 4 aromatic rings. The first-order chi connectivity index (χ1) is 18.8. The summed E-state index contributed by atoms with van der Waals surface area (Å²) in [6.45, 7) is 4.27. The van der Waals surface area contributed by atoms with Gasteiger partial charge in [0.2, 0.25) is 0 Å². The number of benzene rings is 3. The zero-order chi connectivity index (χ0) is 27.3. The van der Waals surface area contributed by atoms with E-state index in [1.165, 1.54) is 12.1 Å². The quantitative estimate of drug-likeness (QED) is 0.337. The fourth-order valence-corrected chi connectivity index (χ4v) is 5.75. The Labute approximate surface area is 232 Å². The molecule has 0 spiro atoms. The average molecular weight is 592 g/mol. The summed E-state index contributed by atoms with van der Waals surface area (Å²) < 4.78 is 21.1. The monoisotopic (exact) mass is 591 g/mol. The van der Waals surface area contributed by atoms with Gasteiger partial charge >= 0.3 is 5.69 Å². The molecule has 0 saturated carbocycles. The van der Waals surface area contributed by atoms with Crippen LogP contribution in [0.15, 0.2) is 81.1 Å². The molecule has 0 aliphatic carbocycles. The number of amides is 1. The van der Waals surface area contributed by atoms with Crippen molar-refractivity contribution in [1.82, 2.24) is 14.9 Å². The van der Waals surface area contributed by atoms with Gasteiger partial charge in [0.05, 0.1) is 34.4 Å². The largest absolute Gasteiger partial charge is 0.345 e. The number of hydrogen-bond acceptors (Lipinski definition) is 5. The summed E-state index contributed by atoms with van der Waals surface area (Å²) in [5.74, 6) is -0.685. The van der Waals surface area contributed by atoms with Crippen molar-refractivity contribution in [3.63, 3.8) is 0 Å². The highest BCUT2D eigenvalue weighted by Crippen LogP contribution is 2.38. The standard InChI is InChI=1S/C29H27BrFN5O3/c1-16-25(26(19-4-8-21(31)9-5-19)34-36(16)22-10-6-20(30)7-11-22)28-35(27(37)17(2)39-28)14-13-18-3-12-23-24(15-18)33-29(38)32-23/h3-12,15-17,25,28H,13-14H2,1-2H3,(H2,32,33,38)/t16?,17-,25?,28+/m0/s1. The molecule has 1 saturated heterocycles. The number of hydrazone groups is 1. The molecule has 8 nitrogen and oxygen atoms in total. The minimum absolute atomic E-state index is 0.0797. The van der Waals surface area contributed by atoms with E-state index in [-0.39, 0.29) is 29.4 Å². The number of carbonyl (C=O) groups is 1. The van der Waals surface area contributed by atoms with E-state index in [0.29, 0.717) is 13.0 Å². The third-order valence-electron chi connectivity index (χ3n) is 7.48. The molecule has 1 fully saturated rings. The summed E-state index contributed by atoms with van der Waals surface area (Å²) in [6, 6.07) is 19.8. The number of halogens is 2.